The maximum absolute atomic E-state index is 12.4. The Morgan fingerprint density at radius 1 is 0.384 bits per heavy atom. The molecule has 0 aromatic rings. The summed E-state index contributed by atoms with van der Waals surface area (Å²) in [5.74, 6) is -0.0651. The minimum absolute atomic E-state index is 0.00299. The zero-order valence-corrected chi connectivity index (χ0v) is 48.9. The molecular weight excluding hydrogens is 899 g/mol. The van der Waals surface area contributed by atoms with Crippen molar-refractivity contribution < 1.29 is 24.5 Å². The number of rotatable bonds is 60. The Balaban J connectivity index is 3.36. The molecular formula is C67H125NO5. The van der Waals surface area contributed by atoms with Gasteiger partial charge in [0.15, 0.2) is 0 Å². The van der Waals surface area contributed by atoms with Crippen molar-refractivity contribution >= 4 is 11.9 Å². The Morgan fingerprint density at radius 2 is 0.685 bits per heavy atom. The van der Waals surface area contributed by atoms with E-state index >= 15 is 0 Å². The van der Waals surface area contributed by atoms with Gasteiger partial charge in [0, 0.05) is 12.8 Å². The molecule has 0 aliphatic rings. The van der Waals surface area contributed by atoms with Gasteiger partial charge in [-0.2, -0.15) is 0 Å². The van der Waals surface area contributed by atoms with E-state index in [0.29, 0.717) is 19.4 Å². The van der Waals surface area contributed by atoms with Crippen molar-refractivity contribution in [1.82, 2.24) is 5.32 Å². The Kier molecular flexibility index (Phi) is 60.5. The quantitative estimate of drug-likeness (QED) is 0.0320. The largest absolute Gasteiger partial charge is 0.466 e. The van der Waals surface area contributed by atoms with Crippen LogP contribution in [-0.2, 0) is 14.3 Å². The van der Waals surface area contributed by atoms with Gasteiger partial charge in [0.1, 0.15) is 0 Å². The van der Waals surface area contributed by atoms with Gasteiger partial charge in [0.25, 0.3) is 0 Å². The summed E-state index contributed by atoms with van der Waals surface area (Å²) in [6, 6.07) is -0.625. The summed E-state index contributed by atoms with van der Waals surface area (Å²) in [5.41, 5.74) is 0. The van der Waals surface area contributed by atoms with E-state index < -0.39 is 12.1 Å². The molecule has 3 N–H and O–H groups in total. The first-order chi connectivity index (χ1) is 36.0. The molecule has 0 aromatic carbocycles. The number of hydrogen-bond donors (Lipinski definition) is 3. The number of allylic oxidation sites excluding steroid dienone is 7. The Morgan fingerprint density at radius 3 is 1.07 bits per heavy atom. The van der Waals surface area contributed by atoms with Crippen molar-refractivity contribution in [1.29, 1.82) is 0 Å². The molecule has 0 saturated heterocycles. The lowest BCUT2D eigenvalue weighted by Gasteiger charge is -2.20. The van der Waals surface area contributed by atoms with Crippen molar-refractivity contribution in [2.75, 3.05) is 13.2 Å². The molecule has 6 heteroatoms. The highest BCUT2D eigenvalue weighted by Gasteiger charge is 2.18. The number of esters is 1. The van der Waals surface area contributed by atoms with Crippen LogP contribution in [0.4, 0.5) is 0 Å². The summed E-state index contributed by atoms with van der Waals surface area (Å²) in [5, 5.41) is 23.0. The third kappa shape index (κ3) is 58.9. The molecule has 0 aliphatic carbocycles. The van der Waals surface area contributed by atoms with Crippen LogP contribution in [0.3, 0.4) is 0 Å². The van der Waals surface area contributed by atoms with E-state index in [1.807, 2.05) is 6.08 Å². The number of amides is 1. The predicted molar refractivity (Wildman–Crippen MR) is 319 cm³/mol. The monoisotopic (exact) mass is 1020 g/mol. The van der Waals surface area contributed by atoms with E-state index in [2.05, 4.69) is 55.6 Å². The number of ether oxygens (including phenoxy) is 1. The van der Waals surface area contributed by atoms with E-state index in [0.717, 1.165) is 51.4 Å². The van der Waals surface area contributed by atoms with Crippen LogP contribution in [0, 0.1) is 0 Å². The number of aliphatic hydroxyl groups excluding tert-OH is 2. The van der Waals surface area contributed by atoms with Crippen LogP contribution in [0.1, 0.15) is 341 Å². The molecule has 0 aliphatic heterocycles. The molecule has 0 bridgehead atoms. The zero-order chi connectivity index (χ0) is 52.9. The van der Waals surface area contributed by atoms with Crippen molar-refractivity contribution in [3.05, 3.63) is 48.6 Å². The number of unbranched alkanes of at least 4 members (excludes halogenated alkanes) is 43. The van der Waals surface area contributed by atoms with Gasteiger partial charge in [-0.15, -0.1) is 0 Å². The van der Waals surface area contributed by atoms with Crippen LogP contribution < -0.4 is 5.32 Å². The average molecular weight is 1020 g/mol. The molecule has 0 aromatic heterocycles. The van der Waals surface area contributed by atoms with Gasteiger partial charge >= 0.3 is 5.97 Å². The third-order valence-corrected chi connectivity index (χ3v) is 14.8. The predicted octanol–water partition coefficient (Wildman–Crippen LogP) is 20.5. The van der Waals surface area contributed by atoms with Crippen LogP contribution in [0.2, 0.25) is 0 Å². The molecule has 0 saturated carbocycles. The first kappa shape index (κ1) is 70.8. The summed E-state index contributed by atoms with van der Waals surface area (Å²) < 4.78 is 5.49. The minimum atomic E-state index is -0.842. The highest BCUT2D eigenvalue weighted by atomic mass is 16.5. The van der Waals surface area contributed by atoms with E-state index in [4.69, 9.17) is 4.74 Å². The van der Waals surface area contributed by atoms with Gasteiger partial charge in [0.2, 0.25) is 5.91 Å². The minimum Gasteiger partial charge on any atom is -0.466 e. The second-order valence-electron chi connectivity index (χ2n) is 22.1. The van der Waals surface area contributed by atoms with Gasteiger partial charge in [-0.1, -0.05) is 287 Å². The molecule has 0 spiro atoms. The second kappa shape index (κ2) is 62.4. The third-order valence-electron chi connectivity index (χ3n) is 14.8. The van der Waals surface area contributed by atoms with Crippen molar-refractivity contribution in [3.8, 4) is 0 Å². The van der Waals surface area contributed by atoms with Crippen LogP contribution in [0.25, 0.3) is 0 Å². The first-order valence-electron chi connectivity index (χ1n) is 32.4. The lowest BCUT2D eigenvalue weighted by atomic mass is 10.0. The molecule has 73 heavy (non-hydrogen) atoms. The van der Waals surface area contributed by atoms with Gasteiger partial charge < -0.3 is 20.3 Å². The van der Waals surface area contributed by atoms with Crippen molar-refractivity contribution in [2.45, 2.75) is 353 Å². The van der Waals surface area contributed by atoms with Gasteiger partial charge in [0.05, 0.1) is 25.4 Å². The molecule has 0 rings (SSSR count). The van der Waals surface area contributed by atoms with Gasteiger partial charge in [-0.25, -0.2) is 0 Å². The topological polar surface area (TPSA) is 95.9 Å². The van der Waals surface area contributed by atoms with E-state index in [-0.39, 0.29) is 18.5 Å². The second-order valence-corrected chi connectivity index (χ2v) is 22.1. The fourth-order valence-electron chi connectivity index (χ4n) is 9.84. The Labute approximate surface area is 455 Å². The van der Waals surface area contributed by atoms with E-state index in [1.165, 1.54) is 263 Å². The molecule has 6 nitrogen and oxygen atoms in total. The number of hydrogen-bond acceptors (Lipinski definition) is 5. The molecule has 0 heterocycles. The average Bonchev–Trinajstić information content (AvgIpc) is 3.39. The molecule has 2 atom stereocenters. The summed E-state index contributed by atoms with van der Waals surface area (Å²) in [6.45, 7) is 4.87. The lowest BCUT2D eigenvalue weighted by Crippen LogP contribution is -2.45. The highest BCUT2D eigenvalue weighted by molar-refractivity contribution is 5.76. The van der Waals surface area contributed by atoms with Crippen molar-refractivity contribution in [2.24, 2.45) is 0 Å². The zero-order valence-electron chi connectivity index (χ0n) is 48.9. The van der Waals surface area contributed by atoms with E-state index in [1.54, 1.807) is 6.08 Å². The number of carbonyl (C=O) groups is 2. The van der Waals surface area contributed by atoms with Gasteiger partial charge in [-0.05, 0) is 89.9 Å². The summed E-state index contributed by atoms with van der Waals surface area (Å²) in [6.07, 6.45) is 80.4. The van der Waals surface area contributed by atoms with Crippen molar-refractivity contribution in [3.63, 3.8) is 0 Å². The fraction of sp³-hybridized carbons (Fsp3) is 0.851. The molecule has 428 valence electrons. The number of aliphatic hydroxyl groups is 2. The molecule has 2 unspecified atom stereocenters. The summed E-state index contributed by atoms with van der Waals surface area (Å²) in [4.78, 5) is 24.5. The van der Waals surface area contributed by atoms with Crippen LogP contribution in [0.5, 0.6) is 0 Å². The van der Waals surface area contributed by atoms with Crippen LogP contribution >= 0.6 is 0 Å². The lowest BCUT2D eigenvalue weighted by molar-refractivity contribution is -0.143. The van der Waals surface area contributed by atoms with Crippen LogP contribution in [0.15, 0.2) is 48.6 Å². The smallest absolute Gasteiger partial charge is 0.305 e. The maximum atomic E-state index is 12.4. The normalized spacial score (nSPS) is 12.9. The molecule has 0 radical (unpaired) electrons. The maximum Gasteiger partial charge on any atom is 0.305 e. The van der Waals surface area contributed by atoms with Gasteiger partial charge in [-0.3, -0.25) is 9.59 Å². The molecule has 0 fully saturated rings. The summed E-state index contributed by atoms with van der Waals surface area (Å²) >= 11 is 0. The Hall–Kier alpha value is -2.18. The fourth-order valence-corrected chi connectivity index (χ4v) is 9.84. The summed E-state index contributed by atoms with van der Waals surface area (Å²) in [7, 11) is 0. The van der Waals surface area contributed by atoms with Crippen LogP contribution in [-0.4, -0.2) is 47.4 Å². The molecule has 1 amide bonds. The SMILES string of the molecule is CCCCCC/C=C\C/C=C\CCCCCCCC(=O)OCCCCCCCCCCCCCC/C=C\CCCCCCCCCCCCCCCCC(=O)NC(CO)C(O)/C=C/CCCCCCCCCC. The standard InChI is InChI=1S/C67H125NO5/c1-3-5-7-9-11-13-15-16-17-35-38-41-45-49-53-57-61-67(72)73-62-58-54-50-46-42-39-36-33-31-29-27-25-23-21-19-18-20-22-24-26-28-30-32-34-37-40-44-48-52-56-60-66(71)68-64(63-69)65(70)59-55-51-47-43-14-12-10-8-6-4-2/h13,15,17,19,21,35,55,59,64-65,69-70H,3-12,14,16,18,20,22-34,36-54,56-58,60-63H2,1-2H3,(H,68,71)/b15-13-,21-19-,35-17-,59-55+. The Bertz CT molecular complexity index is 1230. The highest BCUT2D eigenvalue weighted by Crippen LogP contribution is 2.17. The number of nitrogens with one attached hydrogen (secondary N) is 1. The van der Waals surface area contributed by atoms with E-state index in [9.17, 15) is 19.8 Å². The first-order valence-corrected chi connectivity index (χ1v) is 32.4. The number of carbonyl (C=O) groups excluding carboxylic acids is 2.